The molecule has 1 saturated heterocycles. The molecule has 34 heavy (non-hydrogen) atoms. The third-order valence-corrected chi connectivity index (χ3v) is 7.79. The number of nitrogens with zero attached hydrogens (tertiary/aromatic N) is 5. The molecule has 6 nitrogen and oxygen atoms in total. The Hall–Kier alpha value is -2.11. The molecule has 1 aliphatic heterocycles. The van der Waals surface area contributed by atoms with Crippen LogP contribution in [0, 0.1) is 18.7 Å². The average Bonchev–Trinajstić information content (AvgIpc) is 3.06. The van der Waals surface area contributed by atoms with E-state index in [1.165, 1.54) is 12.5 Å². The number of thioether (sulfide) groups is 1. The molecule has 1 aliphatic carbocycles. The Balaban J connectivity index is 0.00000274. The van der Waals surface area contributed by atoms with Crippen LogP contribution in [0.4, 0.5) is 17.6 Å². The summed E-state index contributed by atoms with van der Waals surface area (Å²) in [5, 5.41) is 9.23. The van der Waals surface area contributed by atoms with Crippen LogP contribution in [0.3, 0.4) is 0 Å². The predicted molar refractivity (Wildman–Crippen MR) is 121 cm³/mol. The van der Waals surface area contributed by atoms with Gasteiger partial charge in [0.15, 0.2) is 17.3 Å². The van der Waals surface area contributed by atoms with E-state index >= 15 is 0 Å². The molecule has 5 rings (SSSR count). The normalized spacial score (nSPS) is 22.0. The number of piperidine rings is 1. The fourth-order valence-electron chi connectivity index (χ4n) is 4.88. The molecule has 0 radical (unpaired) electrons. The second-order valence-electron chi connectivity index (χ2n) is 8.82. The van der Waals surface area contributed by atoms with Gasteiger partial charge in [0.05, 0.1) is 11.3 Å². The van der Waals surface area contributed by atoms with Crippen molar-refractivity contribution in [1.29, 1.82) is 0 Å². The van der Waals surface area contributed by atoms with Crippen molar-refractivity contribution >= 4 is 24.2 Å². The van der Waals surface area contributed by atoms with Crippen molar-refractivity contribution in [3.05, 3.63) is 47.2 Å². The van der Waals surface area contributed by atoms with Gasteiger partial charge in [-0.2, -0.15) is 13.2 Å². The van der Waals surface area contributed by atoms with Crippen LogP contribution in [0.2, 0.25) is 0 Å². The number of hydrogen-bond acceptors (Lipinski definition) is 6. The Bertz CT molecular complexity index is 1180. The lowest BCUT2D eigenvalue weighted by Gasteiger charge is -2.21. The average molecular weight is 518 g/mol. The zero-order valence-corrected chi connectivity index (χ0v) is 20.2. The Labute approximate surface area is 204 Å². The maximum Gasteiger partial charge on any atom is 0.416 e. The number of likely N-dealkylation sites (tertiary alicyclic amines) is 1. The summed E-state index contributed by atoms with van der Waals surface area (Å²) in [7, 11) is 1.88. The van der Waals surface area contributed by atoms with E-state index in [0.29, 0.717) is 35.7 Å². The van der Waals surface area contributed by atoms with Crippen LogP contribution in [0.1, 0.15) is 29.7 Å². The van der Waals surface area contributed by atoms with Gasteiger partial charge >= 0.3 is 6.18 Å². The fraction of sp³-hybridized carbons (Fsp3) is 0.500. The zero-order valence-electron chi connectivity index (χ0n) is 18.6. The summed E-state index contributed by atoms with van der Waals surface area (Å²) in [6.45, 7) is 4.23. The number of fused-ring (bicyclic) bond motifs is 1. The molecule has 1 saturated carbocycles. The van der Waals surface area contributed by atoms with Gasteiger partial charge in [-0.1, -0.05) is 17.8 Å². The topological polar surface area (TPSA) is 60.0 Å². The lowest BCUT2D eigenvalue weighted by Crippen LogP contribution is -2.28. The molecule has 0 amide bonds. The van der Waals surface area contributed by atoms with E-state index in [9.17, 15) is 17.6 Å². The van der Waals surface area contributed by atoms with E-state index < -0.39 is 17.6 Å². The highest BCUT2D eigenvalue weighted by Crippen LogP contribution is 2.59. The number of hydrogen-bond donors (Lipinski definition) is 0. The number of aromatic nitrogens is 4. The Kier molecular flexibility index (Phi) is 6.73. The summed E-state index contributed by atoms with van der Waals surface area (Å²) in [5.41, 5.74) is -0.0937. The SMILES string of the molecule is Cc1ncoc1-c1nnc(SCCCN2C[C@@H]3C[C@]3(c3ccc(C(F)(F)F)cc3F)C2)n1C.Cl. The molecule has 2 aromatic heterocycles. The first-order valence-corrected chi connectivity index (χ1v) is 11.7. The molecular formula is C22H24ClF4N5OS. The third kappa shape index (κ3) is 4.45. The molecule has 2 atom stereocenters. The van der Waals surface area contributed by atoms with Crippen LogP contribution >= 0.6 is 24.2 Å². The van der Waals surface area contributed by atoms with Crippen LogP contribution in [-0.4, -0.2) is 50.0 Å². The number of aryl methyl sites for hydroxylation is 1. The minimum Gasteiger partial charge on any atom is -0.440 e. The molecule has 1 aromatic carbocycles. The summed E-state index contributed by atoms with van der Waals surface area (Å²) in [6.07, 6.45) is -1.40. The highest BCUT2D eigenvalue weighted by atomic mass is 35.5. The third-order valence-electron chi connectivity index (χ3n) is 6.68. The molecule has 0 unspecified atom stereocenters. The van der Waals surface area contributed by atoms with Crippen molar-refractivity contribution in [2.45, 2.75) is 36.5 Å². The van der Waals surface area contributed by atoms with E-state index in [1.807, 2.05) is 18.5 Å². The van der Waals surface area contributed by atoms with Gasteiger partial charge in [0.25, 0.3) is 0 Å². The number of rotatable bonds is 7. The fourth-order valence-corrected chi connectivity index (χ4v) is 5.71. The van der Waals surface area contributed by atoms with Crippen LogP contribution in [0.25, 0.3) is 11.6 Å². The van der Waals surface area contributed by atoms with E-state index in [0.717, 1.165) is 48.6 Å². The highest BCUT2D eigenvalue weighted by molar-refractivity contribution is 7.99. The summed E-state index contributed by atoms with van der Waals surface area (Å²) < 4.78 is 60.4. The van der Waals surface area contributed by atoms with E-state index in [4.69, 9.17) is 4.42 Å². The second kappa shape index (κ2) is 9.16. The van der Waals surface area contributed by atoms with Crippen molar-refractivity contribution in [3.8, 4) is 11.6 Å². The van der Waals surface area contributed by atoms with Crippen LogP contribution in [-0.2, 0) is 18.6 Å². The second-order valence-corrected chi connectivity index (χ2v) is 9.88. The molecule has 2 aliphatic rings. The maximum atomic E-state index is 14.5. The molecule has 12 heteroatoms. The van der Waals surface area contributed by atoms with Gasteiger partial charge in [0.2, 0.25) is 5.82 Å². The Morgan fingerprint density at radius 2 is 2.06 bits per heavy atom. The van der Waals surface area contributed by atoms with E-state index in [2.05, 4.69) is 20.1 Å². The minimum absolute atomic E-state index is 0. The van der Waals surface area contributed by atoms with Crippen LogP contribution < -0.4 is 0 Å². The van der Waals surface area contributed by atoms with Gasteiger partial charge in [-0.05, 0) is 49.9 Å². The van der Waals surface area contributed by atoms with Crippen LogP contribution in [0.5, 0.6) is 0 Å². The van der Waals surface area contributed by atoms with Crippen molar-refractivity contribution in [1.82, 2.24) is 24.6 Å². The number of oxazole rings is 1. The molecule has 0 N–H and O–H groups in total. The first kappa shape index (κ1) is 25.0. The standard InChI is InChI=1S/C22H23F4N5OS.ClH/c1-13-18(32-12-27-13)19-28-29-20(30(19)2)33-7-3-6-31-10-15-9-21(15,11-31)16-5-4-14(8-17(16)23)22(24,25)26;/h4-5,8,12,15H,3,6-7,9-11H2,1-2H3;1H/t15-,21-;/m0./s1. The summed E-state index contributed by atoms with van der Waals surface area (Å²) >= 11 is 1.60. The van der Waals surface area contributed by atoms with Gasteiger partial charge in [-0.25, -0.2) is 9.37 Å². The number of alkyl halides is 3. The zero-order chi connectivity index (χ0) is 23.4. The van der Waals surface area contributed by atoms with Gasteiger partial charge in [0.1, 0.15) is 5.82 Å². The Morgan fingerprint density at radius 3 is 2.74 bits per heavy atom. The van der Waals surface area contributed by atoms with Gasteiger partial charge in [0, 0.05) is 31.3 Å². The number of halogens is 5. The monoisotopic (exact) mass is 517 g/mol. The summed E-state index contributed by atoms with van der Waals surface area (Å²) in [4.78, 5) is 6.37. The minimum atomic E-state index is -4.53. The van der Waals surface area contributed by atoms with Crippen molar-refractivity contribution < 1.29 is 22.0 Å². The molecular weight excluding hydrogens is 494 g/mol. The molecule has 184 valence electrons. The van der Waals surface area contributed by atoms with E-state index in [1.54, 1.807) is 11.8 Å². The first-order valence-electron chi connectivity index (χ1n) is 10.7. The smallest absolute Gasteiger partial charge is 0.416 e. The predicted octanol–water partition coefficient (Wildman–Crippen LogP) is 5.11. The van der Waals surface area contributed by atoms with Crippen molar-refractivity contribution in [3.63, 3.8) is 0 Å². The Morgan fingerprint density at radius 1 is 1.26 bits per heavy atom. The van der Waals surface area contributed by atoms with Gasteiger partial charge in [-0.3, -0.25) is 0 Å². The summed E-state index contributed by atoms with van der Waals surface area (Å²) in [5.74, 6) is 1.64. The molecule has 3 heterocycles. The van der Waals surface area contributed by atoms with Crippen molar-refractivity contribution in [2.75, 3.05) is 25.4 Å². The van der Waals surface area contributed by atoms with Gasteiger partial charge < -0.3 is 13.9 Å². The molecule has 0 bridgehead atoms. The van der Waals surface area contributed by atoms with Crippen LogP contribution in [0.15, 0.2) is 34.2 Å². The van der Waals surface area contributed by atoms with Gasteiger partial charge in [-0.15, -0.1) is 22.6 Å². The molecule has 0 spiro atoms. The maximum absolute atomic E-state index is 14.5. The van der Waals surface area contributed by atoms with E-state index in [-0.39, 0.29) is 17.8 Å². The molecule has 2 fully saturated rings. The lowest BCUT2D eigenvalue weighted by atomic mass is 9.93. The van der Waals surface area contributed by atoms with Crippen molar-refractivity contribution in [2.24, 2.45) is 13.0 Å². The quantitative estimate of drug-likeness (QED) is 0.246. The largest absolute Gasteiger partial charge is 0.440 e. The summed E-state index contributed by atoms with van der Waals surface area (Å²) in [6, 6.07) is 2.96. The molecule has 3 aromatic rings. The number of benzene rings is 1. The highest BCUT2D eigenvalue weighted by Gasteiger charge is 2.61. The first-order chi connectivity index (χ1) is 15.7. The lowest BCUT2D eigenvalue weighted by molar-refractivity contribution is -0.137.